The summed E-state index contributed by atoms with van der Waals surface area (Å²) < 4.78 is 8.67. The van der Waals surface area contributed by atoms with E-state index in [-0.39, 0.29) is 17.0 Å². The fraction of sp³-hybridized carbons (Fsp3) is 0.455. The number of aryl methyl sites for hydroxylation is 1. The number of pyridine rings is 2. The summed E-state index contributed by atoms with van der Waals surface area (Å²) in [6.45, 7) is 7.01. The number of rotatable bonds is 2. The van der Waals surface area contributed by atoms with Gasteiger partial charge in [-0.15, -0.1) is 0 Å². The first kappa shape index (κ1) is 19.6. The zero-order valence-electron chi connectivity index (χ0n) is 18.0. The largest absolute Gasteiger partial charge is 0.488 e. The number of anilines is 2. The standard InChI is InChI=1S/C22H26N6O3/c1-22(2)6-4-7-26(14-22)20(29)15-11-17-19(23-13-15)27(9-10-31-17)16-5-8-28-18(12-16)24-25(3)21(28)30/h5,8,11-13H,4,6-7,9-10,14H2,1-3H3. The number of piperidine rings is 1. The van der Waals surface area contributed by atoms with E-state index in [1.165, 1.54) is 9.08 Å². The molecule has 3 aromatic rings. The van der Waals surface area contributed by atoms with Crippen LogP contribution in [0.15, 0.2) is 35.4 Å². The molecule has 0 aromatic carbocycles. The molecule has 31 heavy (non-hydrogen) atoms. The fourth-order valence-corrected chi connectivity index (χ4v) is 4.48. The molecule has 1 saturated heterocycles. The van der Waals surface area contributed by atoms with Gasteiger partial charge in [-0.1, -0.05) is 13.8 Å². The van der Waals surface area contributed by atoms with E-state index in [0.717, 1.165) is 31.6 Å². The van der Waals surface area contributed by atoms with Gasteiger partial charge >= 0.3 is 5.69 Å². The minimum Gasteiger partial charge on any atom is -0.488 e. The van der Waals surface area contributed by atoms with E-state index in [1.807, 2.05) is 21.9 Å². The third-order valence-corrected chi connectivity index (χ3v) is 6.06. The van der Waals surface area contributed by atoms with Crippen molar-refractivity contribution in [2.24, 2.45) is 12.5 Å². The van der Waals surface area contributed by atoms with Gasteiger partial charge in [0.05, 0.1) is 12.1 Å². The number of amides is 1. The smallest absolute Gasteiger partial charge is 0.350 e. The van der Waals surface area contributed by atoms with Crippen LogP contribution in [0.25, 0.3) is 5.65 Å². The van der Waals surface area contributed by atoms with Crippen molar-refractivity contribution in [1.82, 2.24) is 24.1 Å². The number of carbonyl (C=O) groups is 1. The number of aromatic nitrogens is 4. The van der Waals surface area contributed by atoms with Crippen LogP contribution >= 0.6 is 0 Å². The summed E-state index contributed by atoms with van der Waals surface area (Å²) in [5.74, 6) is 1.24. The van der Waals surface area contributed by atoms with E-state index in [2.05, 4.69) is 23.9 Å². The molecule has 162 valence electrons. The number of fused-ring (bicyclic) bond motifs is 2. The zero-order valence-corrected chi connectivity index (χ0v) is 18.0. The van der Waals surface area contributed by atoms with E-state index < -0.39 is 0 Å². The Morgan fingerprint density at radius 2 is 2.06 bits per heavy atom. The molecule has 2 aliphatic rings. The molecule has 0 atom stereocenters. The van der Waals surface area contributed by atoms with E-state index in [1.54, 1.807) is 25.5 Å². The maximum Gasteiger partial charge on any atom is 0.350 e. The molecule has 5 heterocycles. The van der Waals surface area contributed by atoms with Crippen molar-refractivity contribution in [1.29, 1.82) is 0 Å². The van der Waals surface area contributed by atoms with Gasteiger partial charge in [-0.3, -0.25) is 9.20 Å². The lowest BCUT2D eigenvalue weighted by molar-refractivity contribution is 0.0582. The van der Waals surface area contributed by atoms with E-state index in [0.29, 0.717) is 35.9 Å². The van der Waals surface area contributed by atoms with Crippen molar-refractivity contribution in [3.8, 4) is 5.75 Å². The van der Waals surface area contributed by atoms with Crippen molar-refractivity contribution in [2.75, 3.05) is 31.1 Å². The van der Waals surface area contributed by atoms with E-state index in [4.69, 9.17) is 4.74 Å². The highest BCUT2D eigenvalue weighted by Gasteiger charge is 2.31. The highest BCUT2D eigenvalue weighted by molar-refractivity contribution is 5.95. The summed E-state index contributed by atoms with van der Waals surface area (Å²) in [5.41, 5.74) is 1.93. The van der Waals surface area contributed by atoms with Gasteiger partial charge in [-0.2, -0.15) is 5.10 Å². The molecule has 1 fully saturated rings. The summed E-state index contributed by atoms with van der Waals surface area (Å²) in [5, 5.41) is 4.26. The van der Waals surface area contributed by atoms with Gasteiger partial charge < -0.3 is 14.5 Å². The Hall–Kier alpha value is -3.36. The van der Waals surface area contributed by atoms with Gasteiger partial charge in [-0.05, 0) is 30.4 Å². The van der Waals surface area contributed by atoms with Crippen molar-refractivity contribution < 1.29 is 9.53 Å². The molecular formula is C22H26N6O3. The number of nitrogens with zero attached hydrogens (tertiary/aromatic N) is 6. The second-order valence-corrected chi connectivity index (χ2v) is 9.06. The van der Waals surface area contributed by atoms with Crippen LogP contribution in [-0.2, 0) is 7.05 Å². The van der Waals surface area contributed by atoms with Gasteiger partial charge in [-0.25, -0.2) is 14.5 Å². The monoisotopic (exact) mass is 422 g/mol. The predicted molar refractivity (Wildman–Crippen MR) is 116 cm³/mol. The Labute approximate surface area is 179 Å². The van der Waals surface area contributed by atoms with Crippen LogP contribution in [0.2, 0.25) is 0 Å². The number of likely N-dealkylation sites (tertiary alicyclic amines) is 1. The maximum absolute atomic E-state index is 13.1. The van der Waals surface area contributed by atoms with Crippen LogP contribution in [0.5, 0.6) is 5.75 Å². The molecule has 9 nitrogen and oxygen atoms in total. The Balaban J connectivity index is 1.45. The minimum atomic E-state index is -0.189. The van der Waals surface area contributed by atoms with Gasteiger partial charge in [0.25, 0.3) is 5.91 Å². The number of carbonyl (C=O) groups excluding carboxylic acids is 1. The maximum atomic E-state index is 13.1. The normalized spacial score (nSPS) is 18.0. The van der Waals surface area contributed by atoms with Gasteiger partial charge in [0.1, 0.15) is 6.61 Å². The Bertz CT molecular complexity index is 1230. The average Bonchev–Trinajstić information content (AvgIpc) is 3.04. The van der Waals surface area contributed by atoms with Crippen molar-refractivity contribution >= 4 is 23.1 Å². The average molecular weight is 422 g/mol. The first-order valence-electron chi connectivity index (χ1n) is 10.6. The highest BCUT2D eigenvalue weighted by atomic mass is 16.5. The molecule has 0 radical (unpaired) electrons. The molecule has 5 rings (SSSR count). The van der Waals surface area contributed by atoms with Crippen LogP contribution in [0.1, 0.15) is 37.0 Å². The highest BCUT2D eigenvalue weighted by Crippen LogP contribution is 2.36. The molecule has 0 bridgehead atoms. The Morgan fingerprint density at radius 1 is 1.23 bits per heavy atom. The lowest BCUT2D eigenvalue weighted by Crippen LogP contribution is -2.43. The molecule has 0 N–H and O–H groups in total. The molecule has 0 spiro atoms. The predicted octanol–water partition coefficient (Wildman–Crippen LogP) is 2.22. The third kappa shape index (κ3) is 3.43. The second kappa shape index (κ2) is 7.11. The van der Waals surface area contributed by atoms with E-state index >= 15 is 0 Å². The van der Waals surface area contributed by atoms with Crippen LogP contribution < -0.4 is 15.3 Å². The third-order valence-electron chi connectivity index (χ3n) is 6.06. The van der Waals surface area contributed by atoms with Crippen molar-refractivity contribution in [3.05, 3.63) is 46.6 Å². The molecular weight excluding hydrogens is 396 g/mol. The lowest BCUT2D eigenvalue weighted by Gasteiger charge is -2.38. The lowest BCUT2D eigenvalue weighted by atomic mass is 9.84. The van der Waals surface area contributed by atoms with Crippen LogP contribution in [0, 0.1) is 5.41 Å². The van der Waals surface area contributed by atoms with Crippen molar-refractivity contribution in [3.63, 3.8) is 0 Å². The number of hydrogen-bond donors (Lipinski definition) is 0. The Morgan fingerprint density at radius 3 is 2.87 bits per heavy atom. The number of ether oxygens (including phenoxy) is 1. The summed E-state index contributed by atoms with van der Waals surface area (Å²) >= 11 is 0. The summed E-state index contributed by atoms with van der Waals surface area (Å²) in [7, 11) is 1.63. The summed E-state index contributed by atoms with van der Waals surface area (Å²) in [6.07, 6.45) is 5.49. The molecule has 9 heteroatoms. The molecule has 0 aliphatic carbocycles. The van der Waals surface area contributed by atoms with Crippen LogP contribution in [-0.4, -0.2) is 56.2 Å². The summed E-state index contributed by atoms with van der Waals surface area (Å²) in [6, 6.07) is 5.51. The topological polar surface area (TPSA) is 85.0 Å². The second-order valence-electron chi connectivity index (χ2n) is 9.06. The number of hydrogen-bond acceptors (Lipinski definition) is 6. The molecule has 1 amide bonds. The van der Waals surface area contributed by atoms with Gasteiger partial charge in [0.2, 0.25) is 0 Å². The van der Waals surface area contributed by atoms with Gasteiger partial charge in [0, 0.05) is 44.3 Å². The van der Waals surface area contributed by atoms with Crippen molar-refractivity contribution in [2.45, 2.75) is 26.7 Å². The van der Waals surface area contributed by atoms with Crippen LogP contribution in [0.3, 0.4) is 0 Å². The summed E-state index contributed by atoms with van der Waals surface area (Å²) in [4.78, 5) is 33.7. The molecule has 0 unspecified atom stereocenters. The molecule has 2 aliphatic heterocycles. The first-order chi connectivity index (χ1) is 14.8. The van der Waals surface area contributed by atoms with Crippen LogP contribution in [0.4, 0.5) is 11.5 Å². The fourth-order valence-electron chi connectivity index (χ4n) is 4.48. The zero-order chi connectivity index (χ0) is 21.8. The minimum absolute atomic E-state index is 0.00178. The quantitative estimate of drug-likeness (QED) is 0.630. The Kier molecular flexibility index (Phi) is 4.49. The molecule has 3 aromatic heterocycles. The SMILES string of the molecule is Cn1nc2cc(N3CCOc4cc(C(=O)N5CCCC(C)(C)C5)cnc43)ccn2c1=O. The van der Waals surface area contributed by atoms with E-state index in [9.17, 15) is 9.59 Å². The first-order valence-corrected chi connectivity index (χ1v) is 10.6. The van der Waals surface area contributed by atoms with Gasteiger partial charge in [0.15, 0.2) is 17.2 Å². The molecule has 0 saturated carbocycles.